The van der Waals surface area contributed by atoms with E-state index in [1.165, 1.54) is 17.4 Å². The van der Waals surface area contributed by atoms with Gasteiger partial charge in [0.15, 0.2) is 0 Å². The van der Waals surface area contributed by atoms with Crippen molar-refractivity contribution in [1.82, 2.24) is 9.88 Å². The van der Waals surface area contributed by atoms with Crippen LogP contribution in [0.1, 0.15) is 59.9 Å². The molecule has 4 rings (SSSR count). The van der Waals surface area contributed by atoms with Crippen molar-refractivity contribution in [2.75, 3.05) is 13.1 Å². The fourth-order valence-corrected chi connectivity index (χ4v) is 4.71. The number of nitrogens with zero attached hydrogens (tertiary/aromatic N) is 2. The number of thiazole rings is 1. The lowest BCUT2D eigenvalue weighted by Crippen LogP contribution is -2.41. The van der Waals surface area contributed by atoms with E-state index in [9.17, 15) is 9.18 Å². The molecule has 0 atom stereocenters. The second-order valence-electron chi connectivity index (χ2n) is 10.4. The molecule has 1 saturated heterocycles. The van der Waals surface area contributed by atoms with Crippen LogP contribution in [0.15, 0.2) is 18.2 Å². The molecule has 1 aromatic carbocycles. The second kappa shape index (κ2) is 7.82. The standard InChI is InChI=1S/C23H30BFN2O4S/c1-21(2,3)29-20(28)27-10-8-14(9-11-27)19-26-18-16(25)12-15(13-17(18)32-19)24-30-22(4,5)23(6,7)31-24/h8,12-13H,9-11H2,1-7H3. The van der Waals surface area contributed by atoms with Crippen LogP contribution in [0, 0.1) is 5.82 Å². The quantitative estimate of drug-likeness (QED) is 0.605. The van der Waals surface area contributed by atoms with Gasteiger partial charge >= 0.3 is 13.2 Å². The maximum atomic E-state index is 14.9. The number of aromatic nitrogens is 1. The lowest BCUT2D eigenvalue weighted by Gasteiger charge is -2.32. The molecule has 0 unspecified atom stereocenters. The third kappa shape index (κ3) is 4.43. The molecular weight excluding hydrogens is 430 g/mol. The van der Waals surface area contributed by atoms with Gasteiger partial charge in [-0.2, -0.15) is 0 Å². The minimum absolute atomic E-state index is 0.324. The summed E-state index contributed by atoms with van der Waals surface area (Å²) in [6.07, 6.45) is 2.29. The molecule has 0 spiro atoms. The summed E-state index contributed by atoms with van der Waals surface area (Å²) in [5.41, 5.74) is 0.505. The van der Waals surface area contributed by atoms with Crippen LogP contribution in [0.5, 0.6) is 0 Å². The smallest absolute Gasteiger partial charge is 0.444 e. The summed E-state index contributed by atoms with van der Waals surface area (Å²) in [4.78, 5) is 18.5. The molecule has 3 heterocycles. The highest BCUT2D eigenvalue weighted by Crippen LogP contribution is 2.37. The molecule has 2 aromatic rings. The first-order valence-corrected chi connectivity index (χ1v) is 11.7. The zero-order valence-electron chi connectivity index (χ0n) is 19.7. The first-order valence-electron chi connectivity index (χ1n) is 10.9. The van der Waals surface area contributed by atoms with Gasteiger partial charge in [-0.15, -0.1) is 11.3 Å². The van der Waals surface area contributed by atoms with Gasteiger partial charge in [-0.25, -0.2) is 14.2 Å². The summed E-state index contributed by atoms with van der Waals surface area (Å²) in [7, 11) is -0.624. The van der Waals surface area contributed by atoms with Crippen molar-refractivity contribution >= 4 is 45.8 Å². The number of ether oxygens (including phenoxy) is 1. The van der Waals surface area contributed by atoms with Crippen LogP contribution in [0.2, 0.25) is 0 Å². The lowest BCUT2D eigenvalue weighted by atomic mass is 9.79. The summed E-state index contributed by atoms with van der Waals surface area (Å²) in [5, 5.41) is 0.772. The van der Waals surface area contributed by atoms with E-state index >= 15 is 0 Å². The van der Waals surface area contributed by atoms with Crippen molar-refractivity contribution in [3.05, 3.63) is 29.0 Å². The number of benzene rings is 1. The number of carbonyl (C=O) groups excluding carboxylic acids is 1. The Morgan fingerprint density at radius 3 is 2.44 bits per heavy atom. The summed E-state index contributed by atoms with van der Waals surface area (Å²) in [5.74, 6) is -0.387. The zero-order valence-corrected chi connectivity index (χ0v) is 20.6. The predicted octanol–water partition coefficient (Wildman–Crippen LogP) is 4.76. The van der Waals surface area contributed by atoms with E-state index < -0.39 is 23.9 Å². The zero-order chi connectivity index (χ0) is 23.5. The van der Waals surface area contributed by atoms with Crippen LogP contribution in [-0.2, 0) is 14.0 Å². The monoisotopic (exact) mass is 460 g/mol. The van der Waals surface area contributed by atoms with Gasteiger partial charge in [0.2, 0.25) is 0 Å². The van der Waals surface area contributed by atoms with E-state index in [0.29, 0.717) is 30.5 Å². The SMILES string of the molecule is CC(C)(C)OC(=O)N1CC=C(c2nc3c(F)cc(B4OC(C)(C)C(C)(C)O4)cc3s2)CC1. The van der Waals surface area contributed by atoms with Crippen molar-refractivity contribution in [2.45, 2.75) is 71.7 Å². The van der Waals surface area contributed by atoms with Gasteiger partial charge in [0.25, 0.3) is 0 Å². The maximum absolute atomic E-state index is 14.9. The molecule has 1 amide bonds. The normalized spacial score (nSPS) is 20.6. The van der Waals surface area contributed by atoms with Crippen LogP contribution in [0.25, 0.3) is 15.8 Å². The Labute approximate surface area is 192 Å². The predicted molar refractivity (Wildman–Crippen MR) is 126 cm³/mol. The molecule has 1 aromatic heterocycles. The number of amides is 1. The molecule has 2 aliphatic rings. The van der Waals surface area contributed by atoms with Gasteiger partial charge in [-0.1, -0.05) is 6.08 Å². The molecule has 6 nitrogen and oxygen atoms in total. The van der Waals surface area contributed by atoms with Gasteiger partial charge in [-0.05, 0) is 78.1 Å². The van der Waals surface area contributed by atoms with Gasteiger partial charge in [0.1, 0.15) is 21.9 Å². The Morgan fingerprint density at radius 1 is 1.22 bits per heavy atom. The lowest BCUT2D eigenvalue weighted by molar-refractivity contribution is 0.00578. The minimum atomic E-state index is -0.624. The Kier molecular flexibility index (Phi) is 5.67. The highest BCUT2D eigenvalue weighted by atomic mass is 32.1. The van der Waals surface area contributed by atoms with Crippen LogP contribution < -0.4 is 5.46 Å². The largest absolute Gasteiger partial charge is 0.494 e. The van der Waals surface area contributed by atoms with E-state index in [1.807, 2.05) is 60.6 Å². The van der Waals surface area contributed by atoms with Crippen LogP contribution in [-0.4, -0.2) is 53.0 Å². The second-order valence-corrected chi connectivity index (χ2v) is 11.4. The highest BCUT2D eigenvalue weighted by Gasteiger charge is 2.51. The van der Waals surface area contributed by atoms with Crippen molar-refractivity contribution in [2.24, 2.45) is 0 Å². The number of hydrogen-bond acceptors (Lipinski definition) is 6. The molecule has 172 valence electrons. The summed E-state index contributed by atoms with van der Waals surface area (Å²) < 4.78 is 33.3. The van der Waals surface area contributed by atoms with Crippen LogP contribution in [0.4, 0.5) is 9.18 Å². The average molecular weight is 460 g/mol. The Morgan fingerprint density at radius 2 is 1.88 bits per heavy atom. The molecule has 0 bridgehead atoms. The van der Waals surface area contributed by atoms with E-state index in [4.69, 9.17) is 14.0 Å². The molecule has 1 fully saturated rings. The first kappa shape index (κ1) is 23.2. The molecule has 9 heteroatoms. The van der Waals surface area contributed by atoms with Crippen LogP contribution in [0.3, 0.4) is 0 Å². The van der Waals surface area contributed by atoms with E-state index in [0.717, 1.165) is 15.3 Å². The molecular formula is C23H30BFN2O4S. The van der Waals surface area contributed by atoms with E-state index in [1.54, 1.807) is 4.90 Å². The third-order valence-electron chi connectivity index (χ3n) is 6.13. The molecule has 0 radical (unpaired) electrons. The minimum Gasteiger partial charge on any atom is -0.444 e. The van der Waals surface area contributed by atoms with Crippen LogP contribution >= 0.6 is 11.3 Å². The number of rotatable bonds is 2. The molecule has 32 heavy (non-hydrogen) atoms. The van der Waals surface area contributed by atoms with E-state index in [2.05, 4.69) is 4.98 Å². The number of fused-ring (bicyclic) bond motifs is 1. The summed E-state index contributed by atoms with van der Waals surface area (Å²) >= 11 is 1.45. The number of halogens is 1. The van der Waals surface area contributed by atoms with Crippen molar-refractivity contribution in [3.8, 4) is 0 Å². The Bertz CT molecular complexity index is 1070. The van der Waals surface area contributed by atoms with Gasteiger partial charge in [0, 0.05) is 13.1 Å². The number of carbonyl (C=O) groups is 1. The van der Waals surface area contributed by atoms with Crippen molar-refractivity contribution in [1.29, 1.82) is 0 Å². The molecule has 0 saturated carbocycles. The summed E-state index contributed by atoms with van der Waals surface area (Å²) in [6, 6.07) is 3.35. The Balaban J connectivity index is 1.55. The van der Waals surface area contributed by atoms with Crippen molar-refractivity contribution < 1.29 is 23.2 Å². The first-order chi connectivity index (χ1) is 14.8. The fraction of sp³-hybridized carbons (Fsp3) is 0.565. The van der Waals surface area contributed by atoms with Gasteiger partial charge < -0.3 is 18.9 Å². The van der Waals surface area contributed by atoms with Crippen molar-refractivity contribution in [3.63, 3.8) is 0 Å². The molecule has 0 aliphatic carbocycles. The fourth-order valence-electron chi connectivity index (χ4n) is 3.62. The maximum Gasteiger partial charge on any atom is 0.494 e. The van der Waals surface area contributed by atoms with E-state index in [-0.39, 0.29) is 11.9 Å². The third-order valence-corrected chi connectivity index (χ3v) is 7.21. The average Bonchev–Trinajstić information content (AvgIpc) is 3.19. The number of hydrogen-bond donors (Lipinski definition) is 0. The molecule has 0 N–H and O–H groups in total. The van der Waals surface area contributed by atoms with Gasteiger partial charge in [-0.3, -0.25) is 0 Å². The summed E-state index contributed by atoms with van der Waals surface area (Å²) in [6.45, 7) is 14.4. The Hall–Kier alpha value is -1.97. The molecule has 2 aliphatic heterocycles. The topological polar surface area (TPSA) is 60.9 Å². The van der Waals surface area contributed by atoms with Gasteiger partial charge in [0.05, 0.1) is 15.9 Å². The highest BCUT2D eigenvalue weighted by molar-refractivity contribution is 7.19.